The summed E-state index contributed by atoms with van der Waals surface area (Å²) in [6.45, 7) is 0. The number of hydrogen-bond donors (Lipinski definition) is 1. The van der Waals surface area contributed by atoms with Crippen LogP contribution in [0.2, 0.25) is 0 Å². The molecule has 0 amide bonds. The fourth-order valence-corrected chi connectivity index (χ4v) is 3.03. The molecule has 1 N–H and O–H groups in total. The first-order valence-electron chi connectivity index (χ1n) is 6.41. The molecule has 0 fully saturated rings. The van der Waals surface area contributed by atoms with Gasteiger partial charge in [0.15, 0.2) is 4.96 Å². The van der Waals surface area contributed by atoms with E-state index in [-0.39, 0.29) is 6.42 Å². The van der Waals surface area contributed by atoms with Gasteiger partial charge < -0.3 is 5.11 Å². The number of fused-ring (bicyclic) bond motifs is 1. The maximum Gasteiger partial charge on any atom is 0.303 e. The largest absolute Gasteiger partial charge is 0.481 e. The Morgan fingerprint density at radius 3 is 3.05 bits per heavy atom. The SMILES string of the molecule is O=C(O)CCCc1csc2nc(-c3cncc(F)c3)cn12. The first-order chi connectivity index (χ1) is 10.1. The van der Waals surface area contributed by atoms with E-state index in [9.17, 15) is 9.18 Å². The molecule has 0 spiro atoms. The number of aromatic nitrogens is 3. The van der Waals surface area contributed by atoms with Crippen molar-refractivity contribution >= 4 is 22.3 Å². The average molecular weight is 305 g/mol. The van der Waals surface area contributed by atoms with Crippen LogP contribution in [-0.4, -0.2) is 25.4 Å². The Bertz CT molecular complexity index is 796. The molecule has 0 aromatic carbocycles. The molecular formula is C14H12FN3O2S. The van der Waals surface area contributed by atoms with Gasteiger partial charge in [-0.1, -0.05) is 0 Å². The van der Waals surface area contributed by atoms with Crippen molar-refractivity contribution in [2.75, 3.05) is 0 Å². The van der Waals surface area contributed by atoms with Gasteiger partial charge in [0.2, 0.25) is 0 Å². The van der Waals surface area contributed by atoms with Gasteiger partial charge in [-0.3, -0.25) is 14.2 Å². The molecule has 0 saturated carbocycles. The van der Waals surface area contributed by atoms with Crippen LogP contribution < -0.4 is 0 Å². The molecule has 7 heteroatoms. The van der Waals surface area contributed by atoms with Crippen LogP contribution in [0.25, 0.3) is 16.2 Å². The van der Waals surface area contributed by atoms with E-state index in [0.717, 1.165) is 16.9 Å². The number of thiazole rings is 1. The zero-order valence-electron chi connectivity index (χ0n) is 11.0. The number of aryl methyl sites for hydroxylation is 1. The maximum atomic E-state index is 13.2. The highest BCUT2D eigenvalue weighted by atomic mass is 32.1. The first-order valence-corrected chi connectivity index (χ1v) is 7.29. The summed E-state index contributed by atoms with van der Waals surface area (Å²) >= 11 is 1.48. The molecule has 3 heterocycles. The summed E-state index contributed by atoms with van der Waals surface area (Å²) in [6.07, 6.45) is 5.95. The van der Waals surface area contributed by atoms with Crippen molar-refractivity contribution in [1.82, 2.24) is 14.4 Å². The fraction of sp³-hybridized carbons (Fsp3) is 0.214. The standard InChI is InChI=1S/C14H12FN3O2S/c15-10-4-9(5-16-6-10)12-7-18-11(2-1-3-13(19)20)8-21-14(18)17-12/h4-8H,1-3H2,(H,19,20). The van der Waals surface area contributed by atoms with Crippen molar-refractivity contribution in [1.29, 1.82) is 0 Å². The van der Waals surface area contributed by atoms with Crippen LogP contribution in [-0.2, 0) is 11.2 Å². The lowest BCUT2D eigenvalue weighted by Crippen LogP contribution is -1.97. The number of carboxylic acid groups (broad SMARTS) is 1. The van der Waals surface area contributed by atoms with Crippen LogP contribution in [0.5, 0.6) is 0 Å². The molecule has 0 radical (unpaired) electrons. The molecule has 3 aromatic rings. The van der Waals surface area contributed by atoms with Gasteiger partial charge in [0.05, 0.1) is 11.9 Å². The molecule has 0 bridgehead atoms. The summed E-state index contributed by atoms with van der Waals surface area (Å²) in [7, 11) is 0. The van der Waals surface area contributed by atoms with E-state index in [2.05, 4.69) is 9.97 Å². The van der Waals surface area contributed by atoms with Crippen LogP contribution in [0, 0.1) is 5.82 Å². The van der Waals surface area contributed by atoms with Crippen molar-refractivity contribution in [3.8, 4) is 11.3 Å². The minimum Gasteiger partial charge on any atom is -0.481 e. The van der Waals surface area contributed by atoms with E-state index in [1.165, 1.54) is 17.4 Å². The van der Waals surface area contributed by atoms with Crippen molar-refractivity contribution in [3.63, 3.8) is 0 Å². The molecule has 5 nitrogen and oxygen atoms in total. The minimum atomic E-state index is -0.793. The summed E-state index contributed by atoms with van der Waals surface area (Å²) in [4.78, 5) is 19.6. The predicted molar refractivity (Wildman–Crippen MR) is 76.8 cm³/mol. The van der Waals surface area contributed by atoms with Crippen molar-refractivity contribution in [3.05, 3.63) is 41.5 Å². The third-order valence-corrected chi connectivity index (χ3v) is 4.00. The average Bonchev–Trinajstić information content (AvgIpc) is 3.00. The third kappa shape index (κ3) is 2.92. The Kier molecular flexibility index (Phi) is 3.66. The highest BCUT2D eigenvalue weighted by Crippen LogP contribution is 2.24. The molecule has 108 valence electrons. The van der Waals surface area contributed by atoms with Crippen LogP contribution in [0.15, 0.2) is 30.0 Å². The van der Waals surface area contributed by atoms with Gasteiger partial charge in [-0.15, -0.1) is 11.3 Å². The van der Waals surface area contributed by atoms with Crippen LogP contribution in [0.3, 0.4) is 0 Å². The molecule has 0 aliphatic heterocycles. The summed E-state index contributed by atoms with van der Waals surface area (Å²) in [5.41, 5.74) is 2.30. The van der Waals surface area contributed by atoms with Gasteiger partial charge in [0, 0.05) is 35.5 Å². The Balaban J connectivity index is 1.87. The van der Waals surface area contributed by atoms with Crippen LogP contribution in [0.1, 0.15) is 18.5 Å². The molecular weight excluding hydrogens is 293 g/mol. The quantitative estimate of drug-likeness (QED) is 0.787. The van der Waals surface area contributed by atoms with Gasteiger partial charge in [0.25, 0.3) is 0 Å². The van der Waals surface area contributed by atoms with Gasteiger partial charge in [-0.05, 0) is 18.9 Å². The molecule has 0 atom stereocenters. The smallest absolute Gasteiger partial charge is 0.303 e. The highest BCUT2D eigenvalue weighted by Gasteiger charge is 2.10. The Hall–Kier alpha value is -2.28. The van der Waals surface area contributed by atoms with E-state index in [0.29, 0.717) is 24.1 Å². The second-order valence-corrected chi connectivity index (χ2v) is 5.48. The number of halogens is 1. The molecule has 0 saturated heterocycles. The predicted octanol–water partition coefficient (Wildman–Crippen LogP) is 3.00. The molecule has 21 heavy (non-hydrogen) atoms. The van der Waals surface area contributed by atoms with Crippen molar-refractivity contribution in [2.45, 2.75) is 19.3 Å². The molecule has 0 aliphatic carbocycles. The van der Waals surface area contributed by atoms with Gasteiger partial charge in [-0.25, -0.2) is 9.37 Å². The zero-order chi connectivity index (χ0) is 14.8. The van der Waals surface area contributed by atoms with Gasteiger partial charge in [0.1, 0.15) is 5.82 Å². The summed E-state index contributed by atoms with van der Waals surface area (Å²) in [5.74, 6) is -1.19. The second kappa shape index (κ2) is 5.61. The van der Waals surface area contributed by atoms with Crippen LogP contribution >= 0.6 is 11.3 Å². The number of imidazole rings is 1. The van der Waals surface area contributed by atoms with E-state index < -0.39 is 11.8 Å². The number of nitrogens with zero attached hydrogens (tertiary/aromatic N) is 3. The Morgan fingerprint density at radius 2 is 2.29 bits per heavy atom. The summed E-state index contributed by atoms with van der Waals surface area (Å²) in [6, 6.07) is 1.39. The van der Waals surface area contributed by atoms with Gasteiger partial charge >= 0.3 is 5.97 Å². The topological polar surface area (TPSA) is 67.5 Å². The fourth-order valence-electron chi connectivity index (χ4n) is 2.12. The molecule has 0 aliphatic rings. The number of hydrogen-bond acceptors (Lipinski definition) is 4. The number of carboxylic acids is 1. The lowest BCUT2D eigenvalue weighted by molar-refractivity contribution is -0.137. The summed E-state index contributed by atoms with van der Waals surface area (Å²) in [5, 5.41) is 10.6. The minimum absolute atomic E-state index is 0.146. The number of rotatable bonds is 5. The van der Waals surface area contributed by atoms with E-state index >= 15 is 0 Å². The van der Waals surface area contributed by atoms with E-state index in [4.69, 9.17) is 5.11 Å². The third-order valence-electron chi connectivity index (χ3n) is 3.11. The highest BCUT2D eigenvalue weighted by molar-refractivity contribution is 7.15. The van der Waals surface area contributed by atoms with E-state index in [1.807, 2.05) is 16.0 Å². The summed E-state index contributed by atoms with van der Waals surface area (Å²) < 4.78 is 15.1. The molecule has 3 rings (SSSR count). The number of aliphatic carboxylic acids is 1. The van der Waals surface area contributed by atoms with Crippen molar-refractivity contribution < 1.29 is 14.3 Å². The van der Waals surface area contributed by atoms with Gasteiger partial charge in [-0.2, -0.15) is 0 Å². The lowest BCUT2D eigenvalue weighted by atomic mass is 10.2. The first kappa shape index (κ1) is 13.7. The monoisotopic (exact) mass is 305 g/mol. The lowest BCUT2D eigenvalue weighted by Gasteiger charge is -1.98. The Morgan fingerprint density at radius 1 is 1.43 bits per heavy atom. The molecule has 0 unspecified atom stereocenters. The maximum absolute atomic E-state index is 13.2. The Labute approximate surface area is 123 Å². The van der Waals surface area contributed by atoms with E-state index in [1.54, 1.807) is 6.20 Å². The zero-order valence-corrected chi connectivity index (χ0v) is 11.8. The number of carbonyl (C=O) groups is 1. The van der Waals surface area contributed by atoms with Crippen molar-refractivity contribution in [2.24, 2.45) is 0 Å². The normalized spacial score (nSPS) is 11.1. The second-order valence-electron chi connectivity index (χ2n) is 4.64. The van der Waals surface area contributed by atoms with Crippen LogP contribution in [0.4, 0.5) is 4.39 Å². The number of pyridine rings is 1. The molecule has 3 aromatic heterocycles.